The van der Waals surface area contributed by atoms with Crippen LogP contribution in [0.15, 0.2) is 23.2 Å². The number of hydrogen-bond donors (Lipinski definition) is 2. The first-order valence-corrected chi connectivity index (χ1v) is 6.75. The van der Waals surface area contributed by atoms with Crippen molar-refractivity contribution >= 4 is 11.6 Å². The zero-order chi connectivity index (χ0) is 15.2. The third kappa shape index (κ3) is 3.63. The van der Waals surface area contributed by atoms with E-state index in [0.29, 0.717) is 25.6 Å². The van der Waals surface area contributed by atoms with Gasteiger partial charge < -0.3 is 15.5 Å². The third-order valence-electron chi connectivity index (χ3n) is 3.36. The number of halogens is 2. The van der Waals surface area contributed by atoms with E-state index in [1.807, 2.05) is 0 Å². The van der Waals surface area contributed by atoms with Gasteiger partial charge in [0.1, 0.15) is 17.3 Å². The Morgan fingerprint density at radius 1 is 1.48 bits per heavy atom. The Hall–Kier alpha value is -2.29. The standard InChI is InChI=1S/C15H18F2N4/c1-3-8-19-15(18-2)20-11-7-9-21(10-11)14-12(16)5-4-6-13(14)17/h1,4-6,11H,7-10H2,2H3,(H2,18,19,20). The molecule has 1 fully saturated rings. The number of terminal acetylenes is 1. The molecule has 4 nitrogen and oxygen atoms in total. The van der Waals surface area contributed by atoms with Crippen LogP contribution in [0.2, 0.25) is 0 Å². The zero-order valence-electron chi connectivity index (χ0n) is 11.9. The molecule has 1 aromatic carbocycles. The van der Waals surface area contributed by atoms with E-state index in [1.54, 1.807) is 11.9 Å². The molecule has 1 saturated heterocycles. The maximum atomic E-state index is 13.8. The average Bonchev–Trinajstić information content (AvgIpc) is 2.91. The highest BCUT2D eigenvalue weighted by atomic mass is 19.1. The summed E-state index contributed by atoms with van der Waals surface area (Å²) in [6, 6.07) is 3.97. The molecule has 1 aromatic rings. The molecule has 0 bridgehead atoms. The van der Waals surface area contributed by atoms with Gasteiger partial charge in [-0.3, -0.25) is 4.99 Å². The summed E-state index contributed by atoms with van der Waals surface area (Å²) in [4.78, 5) is 5.76. The number of aliphatic imine (C=N–C) groups is 1. The summed E-state index contributed by atoms with van der Waals surface area (Å²) >= 11 is 0. The molecule has 0 spiro atoms. The summed E-state index contributed by atoms with van der Waals surface area (Å²) in [6.07, 6.45) is 5.95. The van der Waals surface area contributed by atoms with Gasteiger partial charge in [-0.15, -0.1) is 6.42 Å². The van der Waals surface area contributed by atoms with Crippen molar-refractivity contribution in [2.45, 2.75) is 12.5 Å². The lowest BCUT2D eigenvalue weighted by atomic mass is 10.2. The molecular weight excluding hydrogens is 274 g/mol. The van der Waals surface area contributed by atoms with Crippen molar-refractivity contribution in [1.82, 2.24) is 10.6 Å². The topological polar surface area (TPSA) is 39.7 Å². The van der Waals surface area contributed by atoms with Gasteiger partial charge in [0, 0.05) is 26.2 Å². The van der Waals surface area contributed by atoms with Gasteiger partial charge >= 0.3 is 0 Å². The van der Waals surface area contributed by atoms with Crippen LogP contribution in [0.3, 0.4) is 0 Å². The number of benzene rings is 1. The minimum Gasteiger partial charge on any atom is -0.365 e. The van der Waals surface area contributed by atoms with Gasteiger partial charge in [-0.2, -0.15) is 0 Å². The number of nitrogens with one attached hydrogen (secondary N) is 2. The van der Waals surface area contributed by atoms with Crippen molar-refractivity contribution in [2.75, 3.05) is 31.6 Å². The second-order valence-electron chi connectivity index (χ2n) is 4.78. The molecule has 1 aliphatic heterocycles. The molecule has 0 amide bonds. The summed E-state index contributed by atoms with van der Waals surface area (Å²) in [5.74, 6) is 1.98. The highest BCUT2D eigenvalue weighted by molar-refractivity contribution is 5.80. The fourth-order valence-electron chi connectivity index (χ4n) is 2.40. The first-order valence-electron chi connectivity index (χ1n) is 6.75. The lowest BCUT2D eigenvalue weighted by molar-refractivity contribution is 0.576. The van der Waals surface area contributed by atoms with Crippen molar-refractivity contribution < 1.29 is 8.78 Å². The van der Waals surface area contributed by atoms with Gasteiger partial charge in [0.2, 0.25) is 0 Å². The van der Waals surface area contributed by atoms with E-state index in [4.69, 9.17) is 6.42 Å². The molecule has 0 radical (unpaired) electrons. The number of hydrogen-bond acceptors (Lipinski definition) is 2. The van der Waals surface area contributed by atoms with E-state index in [-0.39, 0.29) is 11.7 Å². The number of guanidine groups is 1. The lowest BCUT2D eigenvalue weighted by Crippen LogP contribution is -2.44. The van der Waals surface area contributed by atoms with E-state index >= 15 is 0 Å². The predicted molar refractivity (Wildman–Crippen MR) is 80.3 cm³/mol. The molecule has 1 aliphatic rings. The van der Waals surface area contributed by atoms with Crippen molar-refractivity contribution in [3.05, 3.63) is 29.8 Å². The predicted octanol–water partition coefficient (Wildman–Crippen LogP) is 1.34. The van der Waals surface area contributed by atoms with Crippen LogP contribution >= 0.6 is 0 Å². The van der Waals surface area contributed by atoms with Crippen molar-refractivity contribution in [2.24, 2.45) is 4.99 Å². The van der Waals surface area contributed by atoms with Crippen molar-refractivity contribution in [3.63, 3.8) is 0 Å². The molecule has 0 aromatic heterocycles. The first-order chi connectivity index (χ1) is 10.2. The van der Waals surface area contributed by atoms with Crippen LogP contribution in [0.1, 0.15) is 6.42 Å². The minimum atomic E-state index is -0.537. The molecule has 0 saturated carbocycles. The summed E-state index contributed by atoms with van der Waals surface area (Å²) in [6.45, 7) is 1.47. The molecule has 1 atom stereocenters. The molecule has 0 aliphatic carbocycles. The third-order valence-corrected chi connectivity index (χ3v) is 3.36. The minimum absolute atomic E-state index is 0.0355. The molecule has 112 valence electrons. The molecule has 6 heteroatoms. The average molecular weight is 292 g/mol. The molecule has 21 heavy (non-hydrogen) atoms. The van der Waals surface area contributed by atoms with Crippen LogP contribution in [-0.4, -0.2) is 38.7 Å². The van der Waals surface area contributed by atoms with Crippen molar-refractivity contribution in [1.29, 1.82) is 0 Å². The smallest absolute Gasteiger partial charge is 0.192 e. The highest BCUT2D eigenvalue weighted by Gasteiger charge is 2.27. The second kappa shape index (κ2) is 6.93. The van der Waals surface area contributed by atoms with Crippen LogP contribution in [0.5, 0.6) is 0 Å². The molecule has 1 heterocycles. The fourth-order valence-corrected chi connectivity index (χ4v) is 2.40. The van der Waals surface area contributed by atoms with E-state index in [2.05, 4.69) is 21.5 Å². The van der Waals surface area contributed by atoms with Gasteiger partial charge in [0.05, 0.1) is 6.54 Å². The zero-order valence-corrected chi connectivity index (χ0v) is 11.9. The number of nitrogens with zero attached hydrogens (tertiary/aromatic N) is 2. The maximum absolute atomic E-state index is 13.8. The SMILES string of the molecule is C#CCNC(=NC)NC1CCN(c2c(F)cccc2F)C1. The first kappa shape index (κ1) is 15.1. The van der Waals surface area contributed by atoms with Crippen LogP contribution in [-0.2, 0) is 0 Å². The highest BCUT2D eigenvalue weighted by Crippen LogP contribution is 2.26. The normalized spacial score (nSPS) is 18.5. The lowest BCUT2D eigenvalue weighted by Gasteiger charge is -2.21. The monoisotopic (exact) mass is 292 g/mol. The molecule has 1 unspecified atom stereocenters. The van der Waals surface area contributed by atoms with E-state index in [9.17, 15) is 8.78 Å². The van der Waals surface area contributed by atoms with Gasteiger partial charge in [-0.1, -0.05) is 12.0 Å². The molecular formula is C15H18F2N4. The Morgan fingerprint density at radius 3 is 2.81 bits per heavy atom. The number of para-hydroxylation sites is 1. The summed E-state index contributed by atoms with van der Waals surface area (Å²) in [5, 5.41) is 6.16. The van der Waals surface area contributed by atoms with Crippen molar-refractivity contribution in [3.8, 4) is 12.3 Å². The van der Waals surface area contributed by atoms with E-state index in [1.165, 1.54) is 18.2 Å². The quantitative estimate of drug-likeness (QED) is 0.502. The fraction of sp³-hybridized carbons (Fsp3) is 0.400. The van der Waals surface area contributed by atoms with Crippen LogP contribution in [0, 0.1) is 24.0 Å². The molecule has 2 N–H and O–H groups in total. The maximum Gasteiger partial charge on any atom is 0.192 e. The van der Waals surface area contributed by atoms with Crippen LogP contribution < -0.4 is 15.5 Å². The second-order valence-corrected chi connectivity index (χ2v) is 4.78. The Kier molecular flexibility index (Phi) is 4.99. The van der Waals surface area contributed by atoms with Gasteiger partial charge in [0.25, 0.3) is 0 Å². The van der Waals surface area contributed by atoms with E-state index in [0.717, 1.165) is 6.42 Å². The number of anilines is 1. The van der Waals surface area contributed by atoms with Gasteiger partial charge in [0.15, 0.2) is 5.96 Å². The Balaban J connectivity index is 1.99. The Labute approximate surface area is 123 Å². The summed E-state index contributed by atoms with van der Waals surface area (Å²) in [5.41, 5.74) is 0.0355. The molecule has 2 rings (SSSR count). The Bertz CT molecular complexity index is 545. The summed E-state index contributed by atoms with van der Waals surface area (Å²) in [7, 11) is 1.65. The number of rotatable bonds is 3. The van der Waals surface area contributed by atoms with Crippen LogP contribution in [0.25, 0.3) is 0 Å². The largest absolute Gasteiger partial charge is 0.365 e. The van der Waals surface area contributed by atoms with Gasteiger partial charge in [-0.25, -0.2) is 8.78 Å². The van der Waals surface area contributed by atoms with E-state index < -0.39 is 11.6 Å². The van der Waals surface area contributed by atoms with Crippen LogP contribution in [0.4, 0.5) is 14.5 Å². The summed E-state index contributed by atoms with van der Waals surface area (Å²) < 4.78 is 27.5. The van der Waals surface area contributed by atoms with Gasteiger partial charge in [-0.05, 0) is 18.6 Å². The Morgan fingerprint density at radius 2 is 2.19 bits per heavy atom.